The van der Waals surface area contributed by atoms with Gasteiger partial charge in [0.05, 0.1) is 37.7 Å². The second-order valence-electron chi connectivity index (χ2n) is 5.56. The van der Waals surface area contributed by atoms with Gasteiger partial charge in [0.2, 0.25) is 5.91 Å². The summed E-state index contributed by atoms with van der Waals surface area (Å²) in [7, 11) is 0. The Labute approximate surface area is 124 Å². The van der Waals surface area contributed by atoms with Crippen LogP contribution >= 0.6 is 0 Å². The molecule has 7 nitrogen and oxygen atoms in total. The van der Waals surface area contributed by atoms with Crippen molar-refractivity contribution >= 4 is 11.6 Å². The van der Waals surface area contributed by atoms with E-state index in [1.807, 2.05) is 10.9 Å². The lowest BCUT2D eigenvalue weighted by atomic mass is 10.2. The molecule has 116 valence electrons. The molecule has 0 aliphatic carbocycles. The van der Waals surface area contributed by atoms with Crippen molar-refractivity contribution in [1.82, 2.24) is 15.1 Å². The highest BCUT2D eigenvalue weighted by molar-refractivity contribution is 5.90. The molecule has 0 radical (unpaired) electrons. The van der Waals surface area contributed by atoms with E-state index in [0.717, 1.165) is 38.2 Å². The molecule has 0 bridgehead atoms. The maximum absolute atomic E-state index is 12.0. The number of anilines is 1. The average molecular weight is 294 g/mol. The molecule has 3 rings (SSSR count). The quantitative estimate of drug-likeness (QED) is 0.821. The van der Waals surface area contributed by atoms with Gasteiger partial charge in [0.1, 0.15) is 0 Å². The van der Waals surface area contributed by atoms with Crippen molar-refractivity contribution in [2.45, 2.75) is 38.0 Å². The highest BCUT2D eigenvalue weighted by atomic mass is 16.5. The fraction of sp³-hybridized carbons (Fsp3) is 0.714. The topological polar surface area (TPSA) is 77.4 Å². The number of amides is 1. The molecule has 1 aromatic heterocycles. The lowest BCUT2D eigenvalue weighted by molar-refractivity contribution is -0.117. The Balaban J connectivity index is 1.45. The van der Waals surface area contributed by atoms with Crippen LogP contribution in [0.4, 0.5) is 5.69 Å². The van der Waals surface area contributed by atoms with E-state index in [9.17, 15) is 4.79 Å². The van der Waals surface area contributed by atoms with Gasteiger partial charge in [0, 0.05) is 31.8 Å². The Morgan fingerprint density at radius 1 is 1.52 bits per heavy atom. The van der Waals surface area contributed by atoms with Gasteiger partial charge in [0.15, 0.2) is 0 Å². The zero-order chi connectivity index (χ0) is 14.5. The van der Waals surface area contributed by atoms with E-state index in [4.69, 9.17) is 9.47 Å². The first-order valence-electron chi connectivity index (χ1n) is 7.54. The number of rotatable bonds is 5. The Kier molecular flexibility index (Phi) is 4.84. The van der Waals surface area contributed by atoms with Crippen molar-refractivity contribution in [1.29, 1.82) is 0 Å². The highest BCUT2D eigenvalue weighted by Gasteiger charge is 2.18. The van der Waals surface area contributed by atoms with Crippen LogP contribution in [-0.2, 0) is 20.8 Å². The highest BCUT2D eigenvalue weighted by Crippen LogP contribution is 2.15. The van der Waals surface area contributed by atoms with E-state index in [-0.39, 0.29) is 18.1 Å². The van der Waals surface area contributed by atoms with Gasteiger partial charge in [-0.25, -0.2) is 0 Å². The molecular weight excluding hydrogens is 272 g/mol. The zero-order valence-corrected chi connectivity index (χ0v) is 12.1. The molecule has 2 aliphatic heterocycles. The molecule has 0 saturated carbocycles. The van der Waals surface area contributed by atoms with E-state index >= 15 is 0 Å². The number of carbonyl (C=O) groups excluding carboxylic acids is 1. The minimum absolute atomic E-state index is 0.0188. The van der Waals surface area contributed by atoms with Crippen molar-refractivity contribution in [3.05, 3.63) is 12.4 Å². The maximum atomic E-state index is 12.0. The van der Waals surface area contributed by atoms with Crippen molar-refractivity contribution in [3.63, 3.8) is 0 Å². The largest absolute Gasteiger partial charge is 0.378 e. The summed E-state index contributed by atoms with van der Waals surface area (Å²) >= 11 is 0. The Bertz CT molecular complexity index is 465. The first-order chi connectivity index (χ1) is 10.3. The van der Waals surface area contributed by atoms with Crippen LogP contribution in [0.15, 0.2) is 12.4 Å². The molecule has 7 heteroatoms. The zero-order valence-electron chi connectivity index (χ0n) is 12.1. The summed E-state index contributed by atoms with van der Waals surface area (Å²) in [5.74, 6) is -0.0188. The maximum Gasteiger partial charge on any atom is 0.226 e. The third kappa shape index (κ3) is 4.26. The lowest BCUT2D eigenvalue weighted by Gasteiger charge is -2.23. The van der Waals surface area contributed by atoms with E-state index in [1.54, 1.807) is 6.20 Å². The van der Waals surface area contributed by atoms with Gasteiger partial charge in [-0.05, 0) is 12.8 Å². The number of nitrogens with one attached hydrogen (secondary N) is 2. The number of ether oxygens (including phenoxy) is 2. The van der Waals surface area contributed by atoms with Crippen molar-refractivity contribution < 1.29 is 14.3 Å². The third-order valence-electron chi connectivity index (χ3n) is 3.76. The van der Waals surface area contributed by atoms with Gasteiger partial charge in [-0.2, -0.15) is 5.10 Å². The first kappa shape index (κ1) is 14.5. The fourth-order valence-electron chi connectivity index (χ4n) is 2.71. The molecule has 1 amide bonds. The van der Waals surface area contributed by atoms with Crippen LogP contribution < -0.4 is 10.6 Å². The predicted octanol–water partition coefficient (Wildman–Crippen LogP) is 0.379. The summed E-state index contributed by atoms with van der Waals surface area (Å²) in [6, 6.07) is 0.0979. The molecule has 2 fully saturated rings. The van der Waals surface area contributed by atoms with Gasteiger partial charge >= 0.3 is 0 Å². The van der Waals surface area contributed by atoms with Gasteiger partial charge < -0.3 is 20.1 Å². The van der Waals surface area contributed by atoms with Crippen LogP contribution in [0.5, 0.6) is 0 Å². The molecule has 3 heterocycles. The minimum atomic E-state index is -0.0188. The number of aromatic nitrogens is 2. The number of morpholine rings is 1. The van der Waals surface area contributed by atoms with E-state index in [1.165, 1.54) is 0 Å². The molecule has 2 unspecified atom stereocenters. The number of hydrogen-bond donors (Lipinski definition) is 2. The van der Waals surface area contributed by atoms with Gasteiger partial charge in [-0.3, -0.25) is 9.48 Å². The smallest absolute Gasteiger partial charge is 0.226 e. The SMILES string of the molecule is O=C(CC1COCCN1)Nc1cnn(CC2CCCO2)c1. The Morgan fingerprint density at radius 3 is 3.24 bits per heavy atom. The molecule has 1 aromatic rings. The molecule has 2 N–H and O–H groups in total. The summed E-state index contributed by atoms with van der Waals surface area (Å²) in [5.41, 5.74) is 0.731. The number of hydrogen-bond acceptors (Lipinski definition) is 5. The molecular formula is C14H22N4O3. The van der Waals surface area contributed by atoms with Crippen LogP contribution in [0, 0.1) is 0 Å². The average Bonchev–Trinajstić information content (AvgIpc) is 3.13. The lowest BCUT2D eigenvalue weighted by Crippen LogP contribution is -2.43. The van der Waals surface area contributed by atoms with E-state index < -0.39 is 0 Å². The monoisotopic (exact) mass is 294 g/mol. The number of nitrogens with zero attached hydrogens (tertiary/aromatic N) is 2. The van der Waals surface area contributed by atoms with Crippen LogP contribution in [-0.4, -0.2) is 54.2 Å². The van der Waals surface area contributed by atoms with Crippen LogP contribution in [0.1, 0.15) is 19.3 Å². The summed E-state index contributed by atoms with van der Waals surface area (Å²) in [6.45, 7) is 3.69. The predicted molar refractivity (Wildman–Crippen MR) is 77.1 cm³/mol. The molecule has 2 saturated heterocycles. The first-order valence-corrected chi connectivity index (χ1v) is 7.54. The fourth-order valence-corrected chi connectivity index (χ4v) is 2.71. The van der Waals surface area contributed by atoms with Gasteiger partial charge in [-0.15, -0.1) is 0 Å². The third-order valence-corrected chi connectivity index (χ3v) is 3.76. The second kappa shape index (κ2) is 7.02. The Morgan fingerprint density at radius 2 is 2.48 bits per heavy atom. The molecule has 21 heavy (non-hydrogen) atoms. The minimum Gasteiger partial charge on any atom is -0.378 e. The molecule has 0 aromatic carbocycles. The summed E-state index contributed by atoms with van der Waals surface area (Å²) in [5, 5.41) is 10.4. The van der Waals surface area contributed by atoms with Crippen molar-refractivity contribution in [2.24, 2.45) is 0 Å². The summed E-state index contributed by atoms with van der Waals surface area (Å²) in [6.07, 6.45) is 6.39. The van der Waals surface area contributed by atoms with Crippen LogP contribution in [0.2, 0.25) is 0 Å². The summed E-state index contributed by atoms with van der Waals surface area (Å²) < 4.78 is 12.7. The van der Waals surface area contributed by atoms with Gasteiger partial charge in [-0.1, -0.05) is 0 Å². The Hall–Kier alpha value is -1.44. The van der Waals surface area contributed by atoms with Crippen LogP contribution in [0.3, 0.4) is 0 Å². The van der Waals surface area contributed by atoms with E-state index in [0.29, 0.717) is 19.6 Å². The summed E-state index contributed by atoms with van der Waals surface area (Å²) in [4.78, 5) is 12.0. The van der Waals surface area contributed by atoms with Crippen molar-refractivity contribution in [3.8, 4) is 0 Å². The van der Waals surface area contributed by atoms with Gasteiger partial charge in [0.25, 0.3) is 0 Å². The molecule has 2 aliphatic rings. The van der Waals surface area contributed by atoms with Crippen LogP contribution in [0.25, 0.3) is 0 Å². The standard InChI is InChI=1S/C14H22N4O3/c19-14(6-11-10-20-5-3-15-11)17-12-7-16-18(8-12)9-13-2-1-4-21-13/h7-8,11,13,15H,1-6,9-10H2,(H,17,19). The molecule has 2 atom stereocenters. The normalized spacial score (nSPS) is 25.9. The molecule has 0 spiro atoms. The second-order valence-corrected chi connectivity index (χ2v) is 5.56. The van der Waals surface area contributed by atoms with Crippen molar-refractivity contribution in [2.75, 3.05) is 31.7 Å². The number of carbonyl (C=O) groups is 1. The van der Waals surface area contributed by atoms with E-state index in [2.05, 4.69) is 15.7 Å².